The van der Waals surface area contributed by atoms with E-state index in [1.807, 2.05) is 25.1 Å². The van der Waals surface area contributed by atoms with Crippen molar-refractivity contribution in [3.63, 3.8) is 0 Å². The summed E-state index contributed by atoms with van der Waals surface area (Å²) in [6, 6.07) is 10.4. The van der Waals surface area contributed by atoms with Gasteiger partial charge in [0.05, 0.1) is 10.7 Å². The van der Waals surface area contributed by atoms with Crippen molar-refractivity contribution in [3.8, 4) is 0 Å². The molecule has 1 aliphatic heterocycles. The average molecular weight is 395 g/mol. The van der Waals surface area contributed by atoms with E-state index < -0.39 is 0 Å². The van der Waals surface area contributed by atoms with Crippen LogP contribution in [-0.2, 0) is 5.41 Å². The van der Waals surface area contributed by atoms with Crippen LogP contribution in [0, 0.1) is 13.8 Å². The maximum absolute atomic E-state index is 12.9. The Morgan fingerprint density at radius 3 is 2.50 bits per heavy atom. The minimum atomic E-state index is -0.382. The number of rotatable bonds is 3. The number of benzene rings is 1. The van der Waals surface area contributed by atoms with Gasteiger partial charge in [-0.25, -0.2) is 9.97 Å². The van der Waals surface area contributed by atoms with Crippen LogP contribution in [0.4, 0.5) is 0 Å². The Bertz CT molecular complexity index is 1050. The third kappa shape index (κ3) is 3.26. The van der Waals surface area contributed by atoms with Gasteiger partial charge in [-0.1, -0.05) is 30.3 Å². The smallest absolute Gasteiger partial charge is 0.263 e. The van der Waals surface area contributed by atoms with Crippen LogP contribution in [0.15, 0.2) is 46.7 Å². The SMILES string of the molecule is Cc1ncc(C(=O)N2CCC(c3ccccc3)(c3csc(C)n3)CC2)c(=O)[nH]1. The largest absolute Gasteiger partial charge is 0.338 e. The van der Waals surface area contributed by atoms with Crippen molar-refractivity contribution in [2.24, 2.45) is 0 Å². The number of carbonyl (C=O) groups is 1. The molecule has 0 saturated carbocycles. The highest BCUT2D eigenvalue weighted by atomic mass is 32.1. The summed E-state index contributed by atoms with van der Waals surface area (Å²) in [5.41, 5.74) is 1.81. The standard InChI is InChI=1S/C21H22N4O2S/c1-14-22-12-17(19(26)23-14)20(27)25-10-8-21(9-11-25,16-6-4-3-5-7-16)18-13-28-15(2)24-18/h3-7,12-13H,8-11H2,1-2H3,(H,22,23,26). The Labute approximate surface area is 167 Å². The fourth-order valence-electron chi connectivity index (χ4n) is 3.93. The van der Waals surface area contributed by atoms with E-state index in [0.717, 1.165) is 23.5 Å². The van der Waals surface area contributed by atoms with Crippen LogP contribution in [0.5, 0.6) is 0 Å². The summed E-state index contributed by atoms with van der Waals surface area (Å²) in [4.78, 5) is 38.2. The highest BCUT2D eigenvalue weighted by Crippen LogP contribution is 2.42. The normalized spacial score (nSPS) is 16.1. The van der Waals surface area contributed by atoms with Crippen molar-refractivity contribution in [1.29, 1.82) is 0 Å². The zero-order chi connectivity index (χ0) is 19.7. The van der Waals surface area contributed by atoms with Gasteiger partial charge in [0.15, 0.2) is 0 Å². The molecule has 6 nitrogen and oxygen atoms in total. The van der Waals surface area contributed by atoms with E-state index in [4.69, 9.17) is 4.98 Å². The van der Waals surface area contributed by atoms with Crippen LogP contribution in [0.1, 0.15) is 45.3 Å². The van der Waals surface area contributed by atoms with Gasteiger partial charge in [0.1, 0.15) is 11.4 Å². The number of aromatic nitrogens is 3. The Hall–Kier alpha value is -2.80. The summed E-state index contributed by atoms with van der Waals surface area (Å²) in [6.07, 6.45) is 2.91. The van der Waals surface area contributed by atoms with Crippen molar-refractivity contribution < 1.29 is 4.79 Å². The van der Waals surface area contributed by atoms with Crippen LogP contribution < -0.4 is 5.56 Å². The molecule has 1 aromatic carbocycles. The molecule has 3 aromatic rings. The molecule has 4 rings (SSSR count). The second-order valence-electron chi connectivity index (χ2n) is 7.20. The number of carbonyl (C=O) groups excluding carboxylic acids is 1. The van der Waals surface area contributed by atoms with E-state index in [1.54, 1.807) is 23.2 Å². The summed E-state index contributed by atoms with van der Waals surface area (Å²) in [5.74, 6) is 0.243. The van der Waals surface area contributed by atoms with Crippen LogP contribution in [0.3, 0.4) is 0 Å². The van der Waals surface area contributed by atoms with Crippen molar-refractivity contribution in [2.75, 3.05) is 13.1 Å². The van der Waals surface area contributed by atoms with Crippen LogP contribution in [0.25, 0.3) is 0 Å². The summed E-state index contributed by atoms with van der Waals surface area (Å²) in [5, 5.41) is 3.18. The molecule has 3 heterocycles. The lowest BCUT2D eigenvalue weighted by Gasteiger charge is -2.41. The van der Waals surface area contributed by atoms with Gasteiger partial charge in [-0.05, 0) is 32.3 Å². The number of amides is 1. The highest BCUT2D eigenvalue weighted by molar-refractivity contribution is 7.09. The summed E-state index contributed by atoms with van der Waals surface area (Å²) in [7, 11) is 0. The predicted molar refractivity (Wildman–Crippen MR) is 109 cm³/mol. The molecule has 0 unspecified atom stereocenters. The van der Waals surface area contributed by atoms with Crippen molar-refractivity contribution in [2.45, 2.75) is 32.1 Å². The van der Waals surface area contributed by atoms with E-state index >= 15 is 0 Å². The molecule has 1 aliphatic rings. The monoisotopic (exact) mass is 394 g/mol. The number of likely N-dealkylation sites (tertiary alicyclic amines) is 1. The Morgan fingerprint density at radius 2 is 1.89 bits per heavy atom. The predicted octanol–water partition coefficient (Wildman–Crippen LogP) is 3.07. The number of nitrogens with zero attached hydrogens (tertiary/aromatic N) is 3. The molecule has 0 spiro atoms. The van der Waals surface area contributed by atoms with Crippen molar-refractivity contribution in [1.82, 2.24) is 19.9 Å². The number of aryl methyl sites for hydroxylation is 2. The third-order valence-corrected chi connectivity index (χ3v) is 6.27. The lowest BCUT2D eigenvalue weighted by atomic mass is 9.70. The highest BCUT2D eigenvalue weighted by Gasteiger charge is 2.41. The number of H-pyrrole nitrogens is 1. The molecule has 0 bridgehead atoms. The molecule has 1 N–H and O–H groups in total. The van der Waals surface area contributed by atoms with E-state index in [0.29, 0.717) is 18.9 Å². The second-order valence-corrected chi connectivity index (χ2v) is 8.27. The lowest BCUT2D eigenvalue weighted by molar-refractivity contribution is 0.0681. The number of hydrogen-bond acceptors (Lipinski definition) is 5. The van der Waals surface area contributed by atoms with Gasteiger partial charge in [-0.3, -0.25) is 9.59 Å². The molecule has 28 heavy (non-hydrogen) atoms. The molecule has 2 aromatic heterocycles. The van der Waals surface area contributed by atoms with Gasteiger partial charge in [0, 0.05) is 30.1 Å². The van der Waals surface area contributed by atoms with Gasteiger partial charge in [-0.2, -0.15) is 0 Å². The van der Waals surface area contributed by atoms with Gasteiger partial charge in [0.2, 0.25) is 0 Å². The lowest BCUT2D eigenvalue weighted by Crippen LogP contribution is -2.47. The number of thiazole rings is 1. The molecule has 1 amide bonds. The van der Waals surface area contributed by atoms with Crippen LogP contribution >= 0.6 is 11.3 Å². The minimum absolute atomic E-state index is 0.0994. The Kier molecular flexibility index (Phi) is 4.85. The summed E-state index contributed by atoms with van der Waals surface area (Å²) in [6.45, 7) is 4.85. The average Bonchev–Trinajstić information content (AvgIpc) is 3.15. The van der Waals surface area contributed by atoms with Crippen molar-refractivity contribution >= 4 is 17.2 Å². The first-order valence-corrected chi connectivity index (χ1v) is 10.2. The fraction of sp³-hybridized carbons (Fsp3) is 0.333. The van der Waals surface area contributed by atoms with E-state index in [-0.39, 0.29) is 22.4 Å². The molecule has 7 heteroatoms. The second kappa shape index (κ2) is 7.31. The van der Waals surface area contributed by atoms with E-state index in [9.17, 15) is 9.59 Å². The van der Waals surface area contributed by atoms with E-state index in [1.165, 1.54) is 11.8 Å². The van der Waals surface area contributed by atoms with Gasteiger partial charge >= 0.3 is 0 Å². The maximum Gasteiger partial charge on any atom is 0.263 e. The molecular weight excluding hydrogens is 372 g/mol. The van der Waals surface area contributed by atoms with E-state index in [2.05, 4.69) is 27.5 Å². The summed E-state index contributed by atoms with van der Waals surface area (Å²) >= 11 is 1.65. The van der Waals surface area contributed by atoms with Crippen LogP contribution in [0.2, 0.25) is 0 Å². The molecule has 0 radical (unpaired) electrons. The number of hydrogen-bond donors (Lipinski definition) is 1. The van der Waals surface area contributed by atoms with Crippen LogP contribution in [-0.4, -0.2) is 38.8 Å². The minimum Gasteiger partial charge on any atom is -0.338 e. The zero-order valence-corrected chi connectivity index (χ0v) is 16.8. The molecular formula is C21H22N4O2S. The number of piperidine rings is 1. The fourth-order valence-corrected chi connectivity index (χ4v) is 4.64. The first-order valence-electron chi connectivity index (χ1n) is 9.33. The quantitative estimate of drug-likeness (QED) is 0.740. The first kappa shape index (κ1) is 18.6. The molecule has 1 saturated heterocycles. The number of aromatic amines is 1. The first-order chi connectivity index (χ1) is 13.5. The molecule has 0 aliphatic carbocycles. The zero-order valence-electron chi connectivity index (χ0n) is 15.9. The molecule has 144 valence electrons. The molecule has 1 fully saturated rings. The third-order valence-electron chi connectivity index (χ3n) is 5.50. The van der Waals surface area contributed by atoms with Crippen molar-refractivity contribution in [3.05, 3.63) is 79.9 Å². The Morgan fingerprint density at radius 1 is 1.18 bits per heavy atom. The molecule has 0 atom stereocenters. The maximum atomic E-state index is 12.9. The Balaban J connectivity index is 1.62. The van der Waals surface area contributed by atoms with Gasteiger partial charge < -0.3 is 9.88 Å². The van der Waals surface area contributed by atoms with Gasteiger partial charge in [-0.15, -0.1) is 11.3 Å². The van der Waals surface area contributed by atoms with Gasteiger partial charge in [0.25, 0.3) is 11.5 Å². The summed E-state index contributed by atoms with van der Waals surface area (Å²) < 4.78 is 0. The topological polar surface area (TPSA) is 79.0 Å². The number of nitrogens with one attached hydrogen (secondary N) is 1.